The van der Waals surface area contributed by atoms with E-state index in [2.05, 4.69) is 15.5 Å². The molecule has 0 spiro atoms. The summed E-state index contributed by atoms with van der Waals surface area (Å²) in [5.74, 6) is -0.876. The van der Waals surface area contributed by atoms with Gasteiger partial charge in [-0.25, -0.2) is 4.39 Å². The van der Waals surface area contributed by atoms with Crippen molar-refractivity contribution in [2.75, 3.05) is 55.4 Å². The van der Waals surface area contributed by atoms with Crippen LogP contribution in [0.3, 0.4) is 0 Å². The maximum absolute atomic E-state index is 13.2. The molecule has 8 heteroatoms. The summed E-state index contributed by atoms with van der Waals surface area (Å²) >= 11 is 0. The zero-order valence-corrected chi connectivity index (χ0v) is 17.3. The number of quaternary nitrogens is 1. The molecular formula is C22H28FN4O3+. The summed E-state index contributed by atoms with van der Waals surface area (Å²) in [4.78, 5) is 27.8. The second-order valence-electron chi connectivity index (χ2n) is 7.44. The minimum atomic E-state index is -0.442. The van der Waals surface area contributed by atoms with E-state index in [0.29, 0.717) is 11.4 Å². The summed E-state index contributed by atoms with van der Waals surface area (Å²) in [6, 6.07) is 13.0. The quantitative estimate of drug-likeness (QED) is 0.634. The molecule has 1 aliphatic rings. The highest BCUT2D eigenvalue weighted by molar-refractivity contribution is 5.94. The van der Waals surface area contributed by atoms with Gasteiger partial charge in [-0.3, -0.25) is 9.59 Å². The number of benzene rings is 2. The molecule has 1 saturated heterocycles. The number of hydrogen-bond donors (Lipinski definition) is 3. The summed E-state index contributed by atoms with van der Waals surface area (Å²) in [5, 5.41) is 5.55. The van der Waals surface area contributed by atoms with Gasteiger partial charge in [-0.15, -0.1) is 0 Å². The SMILES string of the molecule is C[C@@H](C(=O)Nc1ccc(N2CCOCC2)cc1)[NH+](C)CC(=O)Nc1cccc(F)c1. The Morgan fingerprint density at radius 1 is 1.10 bits per heavy atom. The van der Waals surface area contributed by atoms with E-state index in [9.17, 15) is 14.0 Å². The van der Waals surface area contributed by atoms with Crippen molar-refractivity contribution in [2.45, 2.75) is 13.0 Å². The number of halogens is 1. The van der Waals surface area contributed by atoms with E-state index in [1.165, 1.54) is 18.2 Å². The number of amides is 2. The van der Waals surface area contributed by atoms with Crippen molar-refractivity contribution in [1.29, 1.82) is 0 Å². The summed E-state index contributed by atoms with van der Waals surface area (Å²) in [6.45, 7) is 5.00. The molecule has 160 valence electrons. The number of nitrogens with zero attached hydrogens (tertiary/aromatic N) is 1. The van der Waals surface area contributed by atoms with E-state index in [1.807, 2.05) is 24.3 Å². The van der Waals surface area contributed by atoms with Crippen molar-refractivity contribution >= 4 is 28.9 Å². The molecule has 1 heterocycles. The lowest BCUT2D eigenvalue weighted by molar-refractivity contribution is -0.885. The largest absolute Gasteiger partial charge is 0.378 e. The first-order chi connectivity index (χ1) is 14.4. The molecule has 0 bridgehead atoms. The van der Waals surface area contributed by atoms with Gasteiger partial charge in [-0.05, 0) is 49.4 Å². The van der Waals surface area contributed by atoms with Crippen LogP contribution in [0.2, 0.25) is 0 Å². The Morgan fingerprint density at radius 3 is 2.47 bits per heavy atom. The van der Waals surface area contributed by atoms with Gasteiger partial charge >= 0.3 is 0 Å². The topological polar surface area (TPSA) is 75.1 Å². The molecule has 1 unspecified atom stereocenters. The van der Waals surface area contributed by atoms with E-state index < -0.39 is 11.9 Å². The van der Waals surface area contributed by atoms with Gasteiger partial charge in [0, 0.05) is 30.2 Å². The number of carbonyl (C=O) groups is 2. The highest BCUT2D eigenvalue weighted by Gasteiger charge is 2.24. The molecular weight excluding hydrogens is 387 g/mol. The lowest BCUT2D eigenvalue weighted by Gasteiger charge is -2.29. The second kappa shape index (κ2) is 10.2. The van der Waals surface area contributed by atoms with Crippen LogP contribution in [-0.2, 0) is 14.3 Å². The molecule has 3 rings (SSSR count). The summed E-state index contributed by atoms with van der Waals surface area (Å²) in [6.07, 6.45) is 0. The maximum atomic E-state index is 13.2. The van der Waals surface area contributed by atoms with Crippen LogP contribution in [0.1, 0.15) is 6.92 Å². The Kier molecular flexibility index (Phi) is 7.37. The smallest absolute Gasteiger partial charge is 0.282 e. The molecule has 0 saturated carbocycles. The highest BCUT2D eigenvalue weighted by atomic mass is 19.1. The third kappa shape index (κ3) is 6.01. The Bertz CT molecular complexity index is 869. The standard InChI is InChI=1S/C22H27FN4O3/c1-16(26(2)15-21(28)24-19-5-3-4-17(23)14-19)22(29)25-18-6-8-20(9-7-18)27-10-12-30-13-11-27/h3-9,14,16H,10-13,15H2,1-2H3,(H,24,28)(H,25,29)/p+1/t16-/m0/s1. The Labute approximate surface area is 175 Å². The molecule has 2 atom stereocenters. The minimum absolute atomic E-state index is 0.0844. The number of hydrogen-bond acceptors (Lipinski definition) is 4. The molecule has 30 heavy (non-hydrogen) atoms. The summed E-state index contributed by atoms with van der Waals surface area (Å²) in [5.41, 5.74) is 2.20. The fourth-order valence-electron chi connectivity index (χ4n) is 3.23. The molecule has 2 amide bonds. The normalized spacial score (nSPS) is 15.9. The first kappa shape index (κ1) is 21.7. The van der Waals surface area contributed by atoms with Crippen molar-refractivity contribution in [2.24, 2.45) is 0 Å². The van der Waals surface area contributed by atoms with Crippen molar-refractivity contribution < 1.29 is 23.6 Å². The molecule has 1 fully saturated rings. The summed E-state index contributed by atoms with van der Waals surface area (Å²) < 4.78 is 18.6. The van der Waals surface area contributed by atoms with Gasteiger partial charge in [-0.1, -0.05) is 6.07 Å². The number of rotatable bonds is 7. The van der Waals surface area contributed by atoms with E-state index in [-0.39, 0.29) is 18.4 Å². The Balaban J connectivity index is 1.49. The minimum Gasteiger partial charge on any atom is -0.378 e. The molecule has 0 radical (unpaired) electrons. The predicted octanol–water partition coefficient (Wildman–Crippen LogP) is 1.14. The van der Waals surface area contributed by atoms with Crippen molar-refractivity contribution in [3.8, 4) is 0 Å². The molecule has 1 aliphatic heterocycles. The van der Waals surface area contributed by atoms with Gasteiger partial charge in [0.1, 0.15) is 5.82 Å². The first-order valence-corrected chi connectivity index (χ1v) is 10.0. The average Bonchev–Trinajstić information content (AvgIpc) is 2.74. The zero-order valence-electron chi connectivity index (χ0n) is 17.3. The van der Waals surface area contributed by atoms with Crippen LogP contribution in [0.25, 0.3) is 0 Å². The van der Waals surface area contributed by atoms with Crippen molar-refractivity contribution in [3.05, 3.63) is 54.3 Å². The average molecular weight is 415 g/mol. The zero-order chi connectivity index (χ0) is 21.5. The molecule has 2 aromatic carbocycles. The van der Waals surface area contributed by atoms with E-state index >= 15 is 0 Å². The number of anilines is 3. The van der Waals surface area contributed by atoms with E-state index in [0.717, 1.165) is 36.9 Å². The van der Waals surface area contributed by atoms with Crippen molar-refractivity contribution in [1.82, 2.24) is 0 Å². The van der Waals surface area contributed by atoms with Crippen LogP contribution >= 0.6 is 0 Å². The van der Waals surface area contributed by atoms with Crippen LogP contribution in [0.4, 0.5) is 21.5 Å². The lowest BCUT2D eigenvalue weighted by Crippen LogP contribution is -3.14. The Morgan fingerprint density at radius 2 is 1.80 bits per heavy atom. The number of morpholine rings is 1. The molecule has 7 nitrogen and oxygen atoms in total. The van der Waals surface area contributed by atoms with Gasteiger partial charge in [0.15, 0.2) is 12.6 Å². The molecule has 3 N–H and O–H groups in total. The number of carbonyl (C=O) groups excluding carboxylic acids is 2. The second-order valence-corrected chi connectivity index (χ2v) is 7.44. The van der Waals surface area contributed by atoms with Crippen molar-refractivity contribution in [3.63, 3.8) is 0 Å². The number of ether oxygens (including phenoxy) is 1. The summed E-state index contributed by atoms with van der Waals surface area (Å²) in [7, 11) is 1.77. The van der Waals surface area contributed by atoms with Gasteiger partial charge in [-0.2, -0.15) is 0 Å². The maximum Gasteiger partial charge on any atom is 0.282 e. The highest BCUT2D eigenvalue weighted by Crippen LogP contribution is 2.19. The molecule has 0 aromatic heterocycles. The van der Waals surface area contributed by atoms with Gasteiger partial charge < -0.3 is 25.2 Å². The van der Waals surface area contributed by atoms with Crippen LogP contribution in [0.5, 0.6) is 0 Å². The first-order valence-electron chi connectivity index (χ1n) is 10.0. The fraction of sp³-hybridized carbons (Fsp3) is 0.364. The number of nitrogens with one attached hydrogen (secondary N) is 3. The predicted molar refractivity (Wildman–Crippen MR) is 114 cm³/mol. The third-order valence-electron chi connectivity index (χ3n) is 5.19. The molecule has 2 aromatic rings. The van der Waals surface area contributed by atoms with Gasteiger partial charge in [0.25, 0.3) is 11.8 Å². The molecule has 0 aliphatic carbocycles. The van der Waals surface area contributed by atoms with Crippen LogP contribution in [-0.4, -0.2) is 57.8 Å². The third-order valence-corrected chi connectivity index (χ3v) is 5.19. The number of likely N-dealkylation sites (N-methyl/N-ethyl adjacent to an activating group) is 1. The fourth-order valence-corrected chi connectivity index (χ4v) is 3.23. The monoisotopic (exact) mass is 415 g/mol. The Hall–Kier alpha value is -2.97. The van der Waals surface area contributed by atoms with E-state index in [1.54, 1.807) is 20.0 Å². The van der Waals surface area contributed by atoms with Gasteiger partial charge in [0.2, 0.25) is 0 Å². The van der Waals surface area contributed by atoms with Gasteiger partial charge in [0.05, 0.1) is 20.3 Å². The lowest BCUT2D eigenvalue weighted by atomic mass is 10.2. The van der Waals surface area contributed by atoms with Crippen LogP contribution in [0, 0.1) is 5.82 Å². The van der Waals surface area contributed by atoms with E-state index in [4.69, 9.17) is 4.74 Å². The van der Waals surface area contributed by atoms with Crippen LogP contribution < -0.4 is 20.4 Å². The van der Waals surface area contributed by atoms with Crippen LogP contribution in [0.15, 0.2) is 48.5 Å².